The minimum Gasteiger partial charge on any atom is -0.378 e. The smallest absolute Gasteiger partial charge is 0.227 e. The van der Waals surface area contributed by atoms with Gasteiger partial charge in [-0.25, -0.2) is 0 Å². The first-order valence-corrected chi connectivity index (χ1v) is 7.13. The summed E-state index contributed by atoms with van der Waals surface area (Å²) < 4.78 is 5.26. The Morgan fingerprint density at radius 1 is 1.24 bits per heavy atom. The van der Waals surface area contributed by atoms with Gasteiger partial charge >= 0.3 is 0 Å². The summed E-state index contributed by atoms with van der Waals surface area (Å²) in [5.41, 5.74) is 2.24. The third kappa shape index (κ3) is 2.69. The zero-order valence-corrected chi connectivity index (χ0v) is 12.0. The predicted molar refractivity (Wildman–Crippen MR) is 79.4 cm³/mol. The Balaban J connectivity index is 1.93. The van der Waals surface area contributed by atoms with Crippen LogP contribution >= 0.6 is 0 Å². The van der Waals surface area contributed by atoms with Crippen molar-refractivity contribution in [1.29, 1.82) is 0 Å². The second-order valence-electron chi connectivity index (χ2n) is 5.25. The van der Waals surface area contributed by atoms with Gasteiger partial charge in [0.2, 0.25) is 5.91 Å². The maximum Gasteiger partial charge on any atom is 0.227 e. The van der Waals surface area contributed by atoms with Crippen LogP contribution in [0.5, 0.6) is 0 Å². The fraction of sp³-hybridized carbons (Fsp3) is 0.375. The van der Waals surface area contributed by atoms with Crippen LogP contribution in [0, 0.1) is 0 Å². The van der Waals surface area contributed by atoms with E-state index in [1.54, 1.807) is 4.90 Å². The fourth-order valence-corrected chi connectivity index (χ4v) is 2.76. The highest BCUT2D eigenvalue weighted by Crippen LogP contribution is 2.24. The average Bonchev–Trinajstić information content (AvgIpc) is 2.87. The lowest BCUT2D eigenvalue weighted by Crippen LogP contribution is -2.41. The van der Waals surface area contributed by atoms with Gasteiger partial charge in [0.1, 0.15) is 0 Å². The molecule has 1 N–H and O–H groups in total. The van der Waals surface area contributed by atoms with E-state index in [-0.39, 0.29) is 18.1 Å². The van der Waals surface area contributed by atoms with Crippen molar-refractivity contribution in [3.8, 4) is 0 Å². The Hall–Kier alpha value is -2.14. The number of rotatable bonds is 3. The first kappa shape index (κ1) is 13.8. The standard InChI is InChI=1S/C16H18N2O3/c1-11(19)16-13(12-4-2-3-5-14(12)17-16)10-15(20)18-6-8-21-9-7-18/h2-5,17H,6-10H2,1H3. The van der Waals surface area contributed by atoms with Gasteiger partial charge in [0, 0.05) is 30.9 Å². The molecule has 1 aliphatic rings. The van der Waals surface area contributed by atoms with Crippen LogP contribution in [-0.2, 0) is 16.0 Å². The number of nitrogens with zero attached hydrogens (tertiary/aromatic N) is 1. The summed E-state index contributed by atoms with van der Waals surface area (Å²) in [7, 11) is 0. The van der Waals surface area contributed by atoms with Crippen molar-refractivity contribution in [2.24, 2.45) is 0 Å². The van der Waals surface area contributed by atoms with Crippen molar-refractivity contribution in [3.63, 3.8) is 0 Å². The summed E-state index contributed by atoms with van der Waals surface area (Å²) in [4.78, 5) is 29.2. The van der Waals surface area contributed by atoms with Crippen LogP contribution in [0.2, 0.25) is 0 Å². The number of nitrogens with one attached hydrogen (secondary N) is 1. The van der Waals surface area contributed by atoms with Crippen molar-refractivity contribution >= 4 is 22.6 Å². The zero-order valence-electron chi connectivity index (χ0n) is 12.0. The molecule has 2 aromatic rings. The molecule has 0 bridgehead atoms. The number of amides is 1. The Kier molecular flexibility index (Phi) is 3.75. The number of carbonyl (C=O) groups excluding carboxylic acids is 2. The SMILES string of the molecule is CC(=O)c1[nH]c2ccccc2c1CC(=O)N1CCOCC1. The maximum absolute atomic E-state index is 12.4. The molecular formula is C16H18N2O3. The van der Waals surface area contributed by atoms with Gasteiger partial charge in [-0.05, 0) is 11.6 Å². The molecule has 0 saturated carbocycles. The lowest BCUT2D eigenvalue weighted by atomic mass is 10.0. The molecule has 0 aliphatic carbocycles. The Morgan fingerprint density at radius 2 is 1.95 bits per heavy atom. The number of hydrogen-bond acceptors (Lipinski definition) is 3. The van der Waals surface area contributed by atoms with Gasteiger partial charge < -0.3 is 14.6 Å². The lowest BCUT2D eigenvalue weighted by molar-refractivity contribution is -0.134. The van der Waals surface area contributed by atoms with Crippen LogP contribution in [0.1, 0.15) is 23.0 Å². The molecular weight excluding hydrogens is 268 g/mol. The van der Waals surface area contributed by atoms with E-state index < -0.39 is 0 Å². The van der Waals surface area contributed by atoms with Crippen molar-refractivity contribution in [3.05, 3.63) is 35.5 Å². The van der Waals surface area contributed by atoms with E-state index in [1.807, 2.05) is 24.3 Å². The van der Waals surface area contributed by atoms with Crippen LogP contribution in [0.4, 0.5) is 0 Å². The minimum atomic E-state index is -0.0454. The molecule has 1 saturated heterocycles. The number of H-pyrrole nitrogens is 1. The third-order valence-electron chi connectivity index (χ3n) is 3.86. The van der Waals surface area contributed by atoms with Gasteiger partial charge in [-0.15, -0.1) is 0 Å². The summed E-state index contributed by atoms with van der Waals surface area (Å²) in [6.07, 6.45) is 0.249. The summed E-state index contributed by atoms with van der Waals surface area (Å²) >= 11 is 0. The number of para-hydroxylation sites is 1. The maximum atomic E-state index is 12.4. The van der Waals surface area contributed by atoms with E-state index in [0.717, 1.165) is 16.5 Å². The van der Waals surface area contributed by atoms with Gasteiger partial charge in [-0.3, -0.25) is 9.59 Å². The van der Waals surface area contributed by atoms with E-state index in [0.29, 0.717) is 32.0 Å². The van der Waals surface area contributed by atoms with Crippen molar-refractivity contribution in [2.75, 3.05) is 26.3 Å². The molecule has 21 heavy (non-hydrogen) atoms. The van der Waals surface area contributed by atoms with Crippen LogP contribution in [0.25, 0.3) is 10.9 Å². The van der Waals surface area contributed by atoms with Gasteiger partial charge in [0.05, 0.1) is 25.3 Å². The molecule has 5 heteroatoms. The first-order valence-electron chi connectivity index (χ1n) is 7.13. The fourth-order valence-electron chi connectivity index (χ4n) is 2.76. The number of aromatic amines is 1. The van der Waals surface area contributed by atoms with E-state index in [9.17, 15) is 9.59 Å². The summed E-state index contributed by atoms with van der Waals surface area (Å²) in [5, 5.41) is 0.948. The molecule has 0 radical (unpaired) electrons. The number of fused-ring (bicyclic) bond motifs is 1. The van der Waals surface area contributed by atoms with Crippen molar-refractivity contribution in [2.45, 2.75) is 13.3 Å². The molecule has 1 aromatic carbocycles. The summed E-state index contributed by atoms with van der Waals surface area (Å²) in [6.45, 7) is 3.93. The van der Waals surface area contributed by atoms with E-state index in [1.165, 1.54) is 6.92 Å². The van der Waals surface area contributed by atoms with Crippen LogP contribution < -0.4 is 0 Å². The molecule has 0 spiro atoms. The number of benzene rings is 1. The summed E-state index contributed by atoms with van der Waals surface area (Å²) in [5.74, 6) is 0.00142. The average molecular weight is 286 g/mol. The number of morpholine rings is 1. The van der Waals surface area contributed by atoms with Crippen LogP contribution in [-0.4, -0.2) is 47.9 Å². The number of carbonyl (C=O) groups is 2. The highest BCUT2D eigenvalue weighted by atomic mass is 16.5. The molecule has 5 nitrogen and oxygen atoms in total. The largest absolute Gasteiger partial charge is 0.378 e. The molecule has 1 amide bonds. The Morgan fingerprint density at radius 3 is 2.67 bits per heavy atom. The van der Waals surface area contributed by atoms with E-state index in [4.69, 9.17) is 4.74 Å². The van der Waals surface area contributed by atoms with Gasteiger partial charge in [-0.1, -0.05) is 18.2 Å². The highest BCUT2D eigenvalue weighted by Gasteiger charge is 2.22. The van der Waals surface area contributed by atoms with Crippen LogP contribution in [0.15, 0.2) is 24.3 Å². The number of Topliss-reactive ketones (excluding diaryl/α,β-unsaturated/α-hetero) is 1. The van der Waals surface area contributed by atoms with Gasteiger partial charge in [0.25, 0.3) is 0 Å². The monoisotopic (exact) mass is 286 g/mol. The van der Waals surface area contributed by atoms with E-state index in [2.05, 4.69) is 4.98 Å². The third-order valence-corrected chi connectivity index (χ3v) is 3.86. The topological polar surface area (TPSA) is 62.4 Å². The van der Waals surface area contributed by atoms with Gasteiger partial charge in [0.15, 0.2) is 5.78 Å². The van der Waals surface area contributed by atoms with Crippen LogP contribution in [0.3, 0.4) is 0 Å². The van der Waals surface area contributed by atoms with Gasteiger partial charge in [-0.2, -0.15) is 0 Å². The second kappa shape index (κ2) is 5.69. The number of ketones is 1. The minimum absolute atomic E-state index is 0.0454. The summed E-state index contributed by atoms with van der Waals surface area (Å²) in [6, 6.07) is 7.70. The molecule has 2 heterocycles. The van der Waals surface area contributed by atoms with Crippen molar-refractivity contribution < 1.29 is 14.3 Å². The molecule has 0 atom stereocenters. The molecule has 110 valence electrons. The predicted octanol–water partition coefficient (Wildman–Crippen LogP) is 1.77. The number of ether oxygens (including phenoxy) is 1. The Labute approximate surface area is 122 Å². The highest BCUT2D eigenvalue weighted by molar-refractivity contribution is 6.02. The van der Waals surface area contributed by atoms with E-state index >= 15 is 0 Å². The molecule has 1 fully saturated rings. The Bertz CT molecular complexity index is 684. The molecule has 0 unspecified atom stereocenters. The zero-order chi connectivity index (χ0) is 14.8. The lowest BCUT2D eigenvalue weighted by Gasteiger charge is -2.26. The number of aromatic nitrogens is 1. The second-order valence-corrected chi connectivity index (χ2v) is 5.25. The molecule has 1 aromatic heterocycles. The molecule has 3 rings (SSSR count). The quantitative estimate of drug-likeness (QED) is 0.875. The first-order chi connectivity index (χ1) is 10.2. The van der Waals surface area contributed by atoms with Crippen molar-refractivity contribution in [1.82, 2.24) is 9.88 Å². The normalized spacial score (nSPS) is 15.4. The number of hydrogen-bond donors (Lipinski definition) is 1. The molecule has 1 aliphatic heterocycles.